The van der Waals surface area contributed by atoms with Gasteiger partial charge in [0, 0.05) is 26.0 Å². The summed E-state index contributed by atoms with van der Waals surface area (Å²) in [6.45, 7) is 2.99. The third kappa shape index (κ3) is 2.18. The Morgan fingerprint density at radius 2 is 2.19 bits per heavy atom. The van der Waals surface area contributed by atoms with E-state index in [1.54, 1.807) is 17.1 Å². The Morgan fingerprint density at radius 1 is 1.31 bits per heavy atom. The molecule has 2 heterocycles. The molecule has 0 amide bonds. The monoisotopic (exact) mass is 217 g/mol. The molecule has 16 heavy (non-hydrogen) atoms. The van der Waals surface area contributed by atoms with E-state index in [9.17, 15) is 0 Å². The molecule has 2 aromatic heterocycles. The fourth-order valence-corrected chi connectivity index (χ4v) is 1.45. The van der Waals surface area contributed by atoms with Crippen LogP contribution in [0.2, 0.25) is 0 Å². The number of aromatic nitrogens is 4. The van der Waals surface area contributed by atoms with Crippen LogP contribution in [0.5, 0.6) is 0 Å². The van der Waals surface area contributed by atoms with Crippen LogP contribution >= 0.6 is 0 Å². The predicted octanol–water partition coefficient (Wildman–Crippen LogP) is 1.70. The number of nitrogens with one attached hydrogen (secondary N) is 1. The molecule has 0 aliphatic heterocycles. The molecule has 0 aliphatic rings. The minimum Gasteiger partial charge on any atom is -0.354 e. The SMILES string of the molecule is CCCNc1nccc(-c2ccnn2C)n1. The van der Waals surface area contributed by atoms with Gasteiger partial charge in [-0.25, -0.2) is 9.97 Å². The van der Waals surface area contributed by atoms with Gasteiger partial charge in [0.15, 0.2) is 0 Å². The molecule has 2 aromatic rings. The first-order valence-corrected chi connectivity index (χ1v) is 5.36. The van der Waals surface area contributed by atoms with Crippen molar-refractivity contribution < 1.29 is 0 Å². The van der Waals surface area contributed by atoms with E-state index < -0.39 is 0 Å². The number of aryl methyl sites for hydroxylation is 1. The normalized spacial score (nSPS) is 10.4. The van der Waals surface area contributed by atoms with Gasteiger partial charge in [0.1, 0.15) is 0 Å². The molecule has 84 valence electrons. The minimum atomic E-state index is 0.667. The molecule has 5 heteroatoms. The van der Waals surface area contributed by atoms with Crippen LogP contribution in [0, 0.1) is 0 Å². The molecule has 0 aromatic carbocycles. The largest absolute Gasteiger partial charge is 0.354 e. The van der Waals surface area contributed by atoms with Gasteiger partial charge in [-0.05, 0) is 18.6 Å². The Balaban J connectivity index is 2.26. The van der Waals surface area contributed by atoms with Crippen LogP contribution in [0.25, 0.3) is 11.4 Å². The summed E-state index contributed by atoms with van der Waals surface area (Å²) in [5.74, 6) is 0.667. The van der Waals surface area contributed by atoms with Crippen LogP contribution in [0.1, 0.15) is 13.3 Å². The summed E-state index contributed by atoms with van der Waals surface area (Å²) in [7, 11) is 1.90. The van der Waals surface area contributed by atoms with Crippen molar-refractivity contribution in [3.8, 4) is 11.4 Å². The lowest BCUT2D eigenvalue weighted by molar-refractivity contribution is 0.773. The molecule has 0 radical (unpaired) electrons. The number of anilines is 1. The van der Waals surface area contributed by atoms with Crippen LogP contribution in [0.15, 0.2) is 24.5 Å². The zero-order valence-corrected chi connectivity index (χ0v) is 9.51. The van der Waals surface area contributed by atoms with Gasteiger partial charge in [0.05, 0.1) is 11.4 Å². The van der Waals surface area contributed by atoms with Crippen molar-refractivity contribution in [2.75, 3.05) is 11.9 Å². The van der Waals surface area contributed by atoms with E-state index in [0.29, 0.717) is 5.95 Å². The molecule has 5 nitrogen and oxygen atoms in total. The topological polar surface area (TPSA) is 55.6 Å². The molecule has 0 fully saturated rings. The van der Waals surface area contributed by atoms with Gasteiger partial charge in [0.2, 0.25) is 5.95 Å². The lowest BCUT2D eigenvalue weighted by Gasteiger charge is -2.05. The van der Waals surface area contributed by atoms with Crippen molar-refractivity contribution >= 4 is 5.95 Å². The number of rotatable bonds is 4. The second-order valence-electron chi connectivity index (χ2n) is 3.53. The Labute approximate surface area is 94.5 Å². The summed E-state index contributed by atoms with van der Waals surface area (Å²) in [4.78, 5) is 8.60. The molecular formula is C11H15N5. The second-order valence-corrected chi connectivity index (χ2v) is 3.53. The van der Waals surface area contributed by atoms with Crippen LogP contribution in [0.4, 0.5) is 5.95 Å². The highest BCUT2D eigenvalue weighted by atomic mass is 15.3. The van der Waals surface area contributed by atoms with Crippen LogP contribution in [0.3, 0.4) is 0 Å². The predicted molar refractivity (Wildman–Crippen MR) is 63.0 cm³/mol. The fraction of sp³-hybridized carbons (Fsp3) is 0.364. The Morgan fingerprint density at radius 3 is 2.88 bits per heavy atom. The maximum Gasteiger partial charge on any atom is 0.223 e. The maximum absolute atomic E-state index is 4.43. The molecule has 0 saturated carbocycles. The van der Waals surface area contributed by atoms with E-state index >= 15 is 0 Å². The van der Waals surface area contributed by atoms with E-state index in [1.807, 2.05) is 19.2 Å². The van der Waals surface area contributed by atoms with Gasteiger partial charge in [0.25, 0.3) is 0 Å². The standard InChI is InChI=1S/C11H15N5/c1-3-6-12-11-13-7-4-9(15-11)10-5-8-14-16(10)2/h4-5,7-8H,3,6H2,1-2H3,(H,12,13,15). The number of nitrogens with zero attached hydrogens (tertiary/aromatic N) is 4. The van der Waals surface area contributed by atoms with Gasteiger partial charge in [-0.1, -0.05) is 6.92 Å². The Hall–Kier alpha value is -1.91. The number of hydrogen-bond acceptors (Lipinski definition) is 4. The van der Waals surface area contributed by atoms with Crippen molar-refractivity contribution in [1.29, 1.82) is 0 Å². The van der Waals surface area contributed by atoms with Crippen molar-refractivity contribution in [3.63, 3.8) is 0 Å². The lowest BCUT2D eigenvalue weighted by atomic mass is 10.3. The average molecular weight is 217 g/mol. The van der Waals surface area contributed by atoms with Crippen molar-refractivity contribution in [2.45, 2.75) is 13.3 Å². The average Bonchev–Trinajstić information content (AvgIpc) is 2.73. The van der Waals surface area contributed by atoms with E-state index in [2.05, 4.69) is 27.3 Å². The lowest BCUT2D eigenvalue weighted by Crippen LogP contribution is -2.05. The van der Waals surface area contributed by atoms with Crippen LogP contribution < -0.4 is 5.32 Å². The third-order valence-electron chi connectivity index (χ3n) is 2.27. The summed E-state index contributed by atoms with van der Waals surface area (Å²) in [6.07, 6.45) is 4.57. The second kappa shape index (κ2) is 4.74. The smallest absolute Gasteiger partial charge is 0.223 e. The minimum absolute atomic E-state index is 0.667. The molecule has 0 spiro atoms. The van der Waals surface area contributed by atoms with E-state index in [-0.39, 0.29) is 0 Å². The molecule has 1 N–H and O–H groups in total. The first-order chi connectivity index (χ1) is 7.81. The summed E-state index contributed by atoms with van der Waals surface area (Å²) < 4.78 is 1.80. The van der Waals surface area contributed by atoms with Gasteiger partial charge in [-0.3, -0.25) is 4.68 Å². The maximum atomic E-state index is 4.43. The van der Waals surface area contributed by atoms with Crippen LogP contribution in [-0.4, -0.2) is 26.3 Å². The molecule has 2 rings (SSSR count). The van der Waals surface area contributed by atoms with Crippen molar-refractivity contribution in [3.05, 3.63) is 24.5 Å². The molecule has 0 unspecified atom stereocenters. The molecular weight excluding hydrogens is 202 g/mol. The Kier molecular flexibility index (Phi) is 3.14. The molecule has 0 aliphatic carbocycles. The first-order valence-electron chi connectivity index (χ1n) is 5.36. The van der Waals surface area contributed by atoms with Crippen LogP contribution in [-0.2, 0) is 7.05 Å². The molecule has 0 atom stereocenters. The third-order valence-corrected chi connectivity index (χ3v) is 2.27. The Bertz CT molecular complexity index is 463. The summed E-state index contributed by atoms with van der Waals surface area (Å²) >= 11 is 0. The molecule has 0 bridgehead atoms. The van der Waals surface area contributed by atoms with E-state index in [1.165, 1.54) is 0 Å². The van der Waals surface area contributed by atoms with Gasteiger partial charge >= 0.3 is 0 Å². The molecule has 0 saturated heterocycles. The summed E-state index contributed by atoms with van der Waals surface area (Å²) in [6, 6.07) is 3.82. The first kappa shape index (κ1) is 10.6. The number of hydrogen-bond donors (Lipinski definition) is 1. The van der Waals surface area contributed by atoms with E-state index in [4.69, 9.17) is 0 Å². The van der Waals surface area contributed by atoms with Gasteiger partial charge in [-0.15, -0.1) is 0 Å². The van der Waals surface area contributed by atoms with Crippen molar-refractivity contribution in [2.24, 2.45) is 7.05 Å². The van der Waals surface area contributed by atoms with E-state index in [0.717, 1.165) is 24.4 Å². The van der Waals surface area contributed by atoms with Gasteiger partial charge < -0.3 is 5.32 Å². The highest BCUT2D eigenvalue weighted by Crippen LogP contribution is 2.15. The fourth-order valence-electron chi connectivity index (χ4n) is 1.45. The summed E-state index contributed by atoms with van der Waals surface area (Å²) in [5, 5.41) is 7.28. The highest BCUT2D eigenvalue weighted by Gasteiger charge is 2.04. The zero-order chi connectivity index (χ0) is 11.4. The zero-order valence-electron chi connectivity index (χ0n) is 9.51. The highest BCUT2D eigenvalue weighted by molar-refractivity contribution is 5.55. The quantitative estimate of drug-likeness (QED) is 0.846. The van der Waals surface area contributed by atoms with Gasteiger partial charge in [-0.2, -0.15) is 5.10 Å². The summed E-state index contributed by atoms with van der Waals surface area (Å²) in [5.41, 5.74) is 1.87. The van der Waals surface area contributed by atoms with Crippen molar-refractivity contribution in [1.82, 2.24) is 19.7 Å².